The van der Waals surface area contributed by atoms with Crippen molar-refractivity contribution < 1.29 is 13.2 Å². The summed E-state index contributed by atoms with van der Waals surface area (Å²) in [5.74, 6) is -2.30. The molecule has 0 bridgehead atoms. The van der Waals surface area contributed by atoms with Crippen molar-refractivity contribution in [2.45, 2.75) is 12.5 Å². The van der Waals surface area contributed by atoms with E-state index in [1.807, 2.05) is 0 Å². The third-order valence-corrected chi connectivity index (χ3v) is 4.49. The maximum absolute atomic E-state index is 13.5. The lowest BCUT2D eigenvalue weighted by molar-refractivity contribution is 0.500. The number of nitrogens with two attached hydrogens (primary N) is 1. The van der Waals surface area contributed by atoms with Crippen LogP contribution in [0, 0.1) is 17.5 Å². The second kappa shape index (κ2) is 6.28. The van der Waals surface area contributed by atoms with Crippen LogP contribution in [-0.2, 0) is 6.42 Å². The molecular formula is C14H10Br2F3N. The lowest BCUT2D eigenvalue weighted by Gasteiger charge is -2.15. The molecule has 0 aliphatic carbocycles. The highest BCUT2D eigenvalue weighted by atomic mass is 79.9. The van der Waals surface area contributed by atoms with Gasteiger partial charge in [-0.15, -0.1) is 0 Å². The van der Waals surface area contributed by atoms with Crippen LogP contribution in [-0.4, -0.2) is 0 Å². The van der Waals surface area contributed by atoms with Crippen LogP contribution in [0.2, 0.25) is 0 Å². The number of benzene rings is 2. The maximum Gasteiger partial charge on any atom is 0.173 e. The second-order valence-electron chi connectivity index (χ2n) is 4.31. The summed E-state index contributed by atoms with van der Waals surface area (Å²) < 4.78 is 40.5. The first-order valence-electron chi connectivity index (χ1n) is 5.73. The summed E-state index contributed by atoms with van der Waals surface area (Å²) >= 11 is 6.31. The fourth-order valence-electron chi connectivity index (χ4n) is 1.87. The van der Waals surface area contributed by atoms with Crippen molar-refractivity contribution in [3.05, 3.63) is 67.9 Å². The lowest BCUT2D eigenvalue weighted by atomic mass is 9.99. The molecule has 2 aromatic rings. The third-order valence-electron chi connectivity index (χ3n) is 2.91. The van der Waals surface area contributed by atoms with E-state index in [4.69, 9.17) is 5.73 Å². The van der Waals surface area contributed by atoms with Crippen LogP contribution in [0.25, 0.3) is 0 Å². The molecule has 0 fully saturated rings. The molecule has 6 heteroatoms. The summed E-state index contributed by atoms with van der Waals surface area (Å²) in [4.78, 5) is 0. The maximum atomic E-state index is 13.5. The van der Waals surface area contributed by atoms with Crippen molar-refractivity contribution in [3.8, 4) is 0 Å². The predicted octanol–water partition coefficient (Wildman–Crippen LogP) is 4.87. The van der Waals surface area contributed by atoms with Crippen molar-refractivity contribution in [1.82, 2.24) is 0 Å². The van der Waals surface area contributed by atoms with Gasteiger partial charge in [0, 0.05) is 10.5 Å². The van der Waals surface area contributed by atoms with Gasteiger partial charge in [-0.25, -0.2) is 13.2 Å². The Morgan fingerprint density at radius 3 is 2.45 bits per heavy atom. The molecule has 0 saturated heterocycles. The largest absolute Gasteiger partial charge is 0.324 e. The van der Waals surface area contributed by atoms with Gasteiger partial charge in [-0.3, -0.25) is 0 Å². The molecule has 1 atom stereocenters. The van der Waals surface area contributed by atoms with E-state index in [1.165, 1.54) is 18.2 Å². The first-order valence-corrected chi connectivity index (χ1v) is 7.31. The third kappa shape index (κ3) is 3.24. The van der Waals surface area contributed by atoms with Gasteiger partial charge in [-0.2, -0.15) is 0 Å². The van der Waals surface area contributed by atoms with Gasteiger partial charge in [-0.1, -0.05) is 22.0 Å². The number of rotatable bonds is 3. The molecule has 2 N–H and O–H groups in total. The minimum absolute atomic E-state index is 0.00229. The number of hydrogen-bond acceptors (Lipinski definition) is 1. The first-order chi connectivity index (χ1) is 9.40. The van der Waals surface area contributed by atoms with Crippen molar-refractivity contribution in [2.24, 2.45) is 5.73 Å². The molecule has 2 rings (SSSR count). The summed E-state index contributed by atoms with van der Waals surface area (Å²) in [6, 6.07) is 6.12. The monoisotopic (exact) mass is 407 g/mol. The van der Waals surface area contributed by atoms with Crippen LogP contribution in [0.15, 0.2) is 39.3 Å². The van der Waals surface area contributed by atoms with Crippen molar-refractivity contribution >= 4 is 31.9 Å². The zero-order valence-corrected chi connectivity index (χ0v) is 13.3. The lowest BCUT2D eigenvalue weighted by Crippen LogP contribution is -2.15. The molecule has 0 amide bonds. The fraction of sp³-hybridized carbons (Fsp3) is 0.143. The minimum Gasteiger partial charge on any atom is -0.324 e. The van der Waals surface area contributed by atoms with E-state index in [9.17, 15) is 13.2 Å². The van der Waals surface area contributed by atoms with E-state index in [-0.39, 0.29) is 10.3 Å². The summed E-state index contributed by atoms with van der Waals surface area (Å²) in [6.45, 7) is 0. The summed E-state index contributed by atoms with van der Waals surface area (Å²) in [7, 11) is 0. The molecular weight excluding hydrogens is 399 g/mol. The van der Waals surface area contributed by atoms with Gasteiger partial charge in [-0.05, 0) is 57.7 Å². The van der Waals surface area contributed by atoms with Gasteiger partial charge in [0.05, 0.1) is 4.47 Å². The Kier molecular flexibility index (Phi) is 4.88. The molecule has 1 nitrogen and oxygen atoms in total. The fourth-order valence-corrected chi connectivity index (χ4v) is 2.90. The molecule has 1 unspecified atom stereocenters. The SMILES string of the molecule is NC(Cc1cc(F)ccc1Br)c1ccc(F)c(F)c1Br. The van der Waals surface area contributed by atoms with E-state index in [2.05, 4.69) is 31.9 Å². The molecule has 0 spiro atoms. The molecule has 0 heterocycles. The molecule has 0 aromatic heterocycles. The molecule has 20 heavy (non-hydrogen) atoms. The summed E-state index contributed by atoms with van der Waals surface area (Å²) in [5.41, 5.74) is 7.10. The minimum atomic E-state index is -0.976. The van der Waals surface area contributed by atoms with Crippen molar-refractivity contribution in [1.29, 1.82) is 0 Å². The van der Waals surface area contributed by atoms with Gasteiger partial charge in [0.2, 0.25) is 0 Å². The zero-order chi connectivity index (χ0) is 14.9. The van der Waals surface area contributed by atoms with E-state index in [0.29, 0.717) is 22.0 Å². The normalized spacial score (nSPS) is 12.5. The quantitative estimate of drug-likeness (QED) is 0.720. The van der Waals surface area contributed by atoms with Gasteiger partial charge < -0.3 is 5.73 Å². The van der Waals surface area contributed by atoms with E-state index in [1.54, 1.807) is 6.07 Å². The van der Waals surface area contributed by atoms with Crippen LogP contribution in [0.4, 0.5) is 13.2 Å². The van der Waals surface area contributed by atoms with Crippen LogP contribution in [0.1, 0.15) is 17.2 Å². The molecule has 0 saturated carbocycles. The Morgan fingerprint density at radius 1 is 1.05 bits per heavy atom. The van der Waals surface area contributed by atoms with E-state index >= 15 is 0 Å². The topological polar surface area (TPSA) is 26.0 Å². The van der Waals surface area contributed by atoms with Crippen molar-refractivity contribution in [3.63, 3.8) is 0 Å². The van der Waals surface area contributed by atoms with Gasteiger partial charge in [0.25, 0.3) is 0 Å². The average molecular weight is 409 g/mol. The second-order valence-corrected chi connectivity index (χ2v) is 5.96. The Morgan fingerprint density at radius 2 is 1.75 bits per heavy atom. The van der Waals surface area contributed by atoms with Crippen molar-refractivity contribution in [2.75, 3.05) is 0 Å². The summed E-state index contributed by atoms with van der Waals surface area (Å²) in [5, 5.41) is 0. The van der Waals surface area contributed by atoms with Crippen LogP contribution < -0.4 is 5.73 Å². The Balaban J connectivity index is 2.31. The number of hydrogen-bond donors (Lipinski definition) is 1. The highest BCUT2D eigenvalue weighted by Crippen LogP contribution is 2.30. The standard InChI is InChI=1S/C14H10Br2F3N/c15-10-3-1-8(17)5-7(10)6-12(20)9-2-4-11(18)14(19)13(9)16/h1-5,12H,6,20H2. The first kappa shape index (κ1) is 15.5. The van der Waals surface area contributed by atoms with E-state index < -0.39 is 17.7 Å². The molecule has 0 aliphatic rings. The van der Waals surface area contributed by atoms with Crippen LogP contribution in [0.3, 0.4) is 0 Å². The summed E-state index contributed by atoms with van der Waals surface area (Å²) in [6.07, 6.45) is 0.294. The highest BCUT2D eigenvalue weighted by molar-refractivity contribution is 9.10. The Labute approximate surface area is 131 Å². The smallest absolute Gasteiger partial charge is 0.173 e. The predicted molar refractivity (Wildman–Crippen MR) is 78.8 cm³/mol. The average Bonchev–Trinajstić information content (AvgIpc) is 2.40. The molecule has 106 valence electrons. The Bertz CT molecular complexity index is 647. The van der Waals surface area contributed by atoms with Crippen LogP contribution >= 0.6 is 31.9 Å². The molecule has 2 aromatic carbocycles. The number of halogens is 5. The van der Waals surface area contributed by atoms with Gasteiger partial charge >= 0.3 is 0 Å². The molecule has 0 radical (unpaired) electrons. The van der Waals surface area contributed by atoms with Gasteiger partial charge in [0.1, 0.15) is 5.82 Å². The van der Waals surface area contributed by atoms with E-state index in [0.717, 1.165) is 6.07 Å². The highest BCUT2D eigenvalue weighted by Gasteiger charge is 2.17. The van der Waals surface area contributed by atoms with Gasteiger partial charge in [0.15, 0.2) is 11.6 Å². The van der Waals surface area contributed by atoms with Crippen LogP contribution in [0.5, 0.6) is 0 Å². The zero-order valence-electron chi connectivity index (χ0n) is 10.1. The Hall–Kier alpha value is -0.850. The molecule has 0 aliphatic heterocycles.